The van der Waals surface area contributed by atoms with Gasteiger partial charge in [0.2, 0.25) is 5.91 Å². The zero-order chi connectivity index (χ0) is 16.1. The maximum atomic E-state index is 12.2. The van der Waals surface area contributed by atoms with Gasteiger partial charge in [0.25, 0.3) is 0 Å². The van der Waals surface area contributed by atoms with Gasteiger partial charge >= 0.3 is 0 Å². The Morgan fingerprint density at radius 1 is 1.48 bits per heavy atom. The van der Waals surface area contributed by atoms with Crippen LogP contribution < -0.4 is 10.1 Å². The molecule has 1 aromatic rings. The van der Waals surface area contributed by atoms with E-state index in [4.69, 9.17) is 9.47 Å². The van der Waals surface area contributed by atoms with Crippen LogP contribution in [0, 0.1) is 6.92 Å². The van der Waals surface area contributed by atoms with E-state index in [1.165, 1.54) is 12.0 Å². The van der Waals surface area contributed by atoms with Gasteiger partial charge in [0.05, 0.1) is 25.5 Å². The molecule has 2 heterocycles. The van der Waals surface area contributed by atoms with Crippen molar-refractivity contribution < 1.29 is 14.3 Å². The van der Waals surface area contributed by atoms with Gasteiger partial charge in [-0.1, -0.05) is 11.6 Å². The number of aryl methyl sites for hydroxylation is 1. The summed E-state index contributed by atoms with van der Waals surface area (Å²) in [7, 11) is 0. The number of carbonyl (C=O) groups is 1. The third kappa shape index (κ3) is 4.55. The lowest BCUT2D eigenvalue weighted by Gasteiger charge is -2.32. The maximum Gasteiger partial charge on any atom is 0.224 e. The second-order valence-corrected chi connectivity index (χ2v) is 6.26. The number of aromatic nitrogens is 1. The molecule has 5 heteroatoms. The molecule has 2 atom stereocenters. The van der Waals surface area contributed by atoms with Crippen LogP contribution in [0.4, 0.5) is 0 Å². The third-order valence-electron chi connectivity index (χ3n) is 4.33. The summed E-state index contributed by atoms with van der Waals surface area (Å²) in [6.07, 6.45) is 8.41. The quantitative estimate of drug-likeness (QED) is 0.848. The molecule has 124 valence electrons. The van der Waals surface area contributed by atoms with E-state index in [0.29, 0.717) is 19.6 Å². The number of hydrogen-bond acceptors (Lipinski definition) is 4. The molecule has 1 aliphatic heterocycles. The number of ether oxygens (including phenoxy) is 2. The fourth-order valence-corrected chi connectivity index (χ4v) is 3.05. The Hall–Kier alpha value is -1.88. The fourth-order valence-electron chi connectivity index (χ4n) is 3.05. The number of hydrogen-bond donors (Lipinski definition) is 1. The molecule has 0 aromatic carbocycles. The first-order valence-electron chi connectivity index (χ1n) is 8.35. The topological polar surface area (TPSA) is 60.5 Å². The second-order valence-electron chi connectivity index (χ2n) is 6.26. The third-order valence-corrected chi connectivity index (χ3v) is 4.33. The van der Waals surface area contributed by atoms with E-state index in [-0.39, 0.29) is 18.1 Å². The zero-order valence-corrected chi connectivity index (χ0v) is 13.6. The van der Waals surface area contributed by atoms with Gasteiger partial charge in [-0.15, -0.1) is 0 Å². The van der Waals surface area contributed by atoms with E-state index in [1.807, 2.05) is 19.1 Å². The highest BCUT2D eigenvalue weighted by atomic mass is 16.5. The molecular formula is C18H24N2O3. The van der Waals surface area contributed by atoms with Crippen LogP contribution in [0.5, 0.6) is 5.75 Å². The van der Waals surface area contributed by atoms with Crippen molar-refractivity contribution in [2.24, 2.45) is 0 Å². The summed E-state index contributed by atoms with van der Waals surface area (Å²) in [6, 6.07) is 3.73. The standard InChI is InChI=1S/C18H24N2O3/c1-13-6-7-15(11-19-13)23-17-8-9-22-12-16(17)20-18(21)10-14-4-2-3-5-14/h4,6-7,11,16-17H,2-3,5,8-10,12H2,1H3,(H,20,21)/t16-,17+/m1/s1. The molecule has 23 heavy (non-hydrogen) atoms. The van der Waals surface area contributed by atoms with Crippen molar-refractivity contribution in [2.75, 3.05) is 13.2 Å². The van der Waals surface area contributed by atoms with E-state index in [9.17, 15) is 4.79 Å². The average molecular weight is 316 g/mol. The van der Waals surface area contributed by atoms with Crippen molar-refractivity contribution in [3.63, 3.8) is 0 Å². The van der Waals surface area contributed by atoms with E-state index >= 15 is 0 Å². The summed E-state index contributed by atoms with van der Waals surface area (Å²) in [6.45, 7) is 3.09. The number of carbonyl (C=O) groups excluding carboxylic acids is 1. The number of nitrogens with zero attached hydrogens (tertiary/aromatic N) is 1. The molecule has 5 nitrogen and oxygen atoms in total. The Labute approximate surface area is 137 Å². The van der Waals surface area contributed by atoms with Crippen molar-refractivity contribution >= 4 is 5.91 Å². The van der Waals surface area contributed by atoms with Gasteiger partial charge in [0.1, 0.15) is 11.9 Å². The van der Waals surface area contributed by atoms with Gasteiger partial charge < -0.3 is 14.8 Å². The first-order chi connectivity index (χ1) is 11.2. The lowest BCUT2D eigenvalue weighted by Crippen LogP contribution is -2.51. The van der Waals surface area contributed by atoms with Crippen LogP contribution in [0.25, 0.3) is 0 Å². The predicted molar refractivity (Wildman–Crippen MR) is 87.3 cm³/mol. The van der Waals surface area contributed by atoms with Crippen LogP contribution in [0.2, 0.25) is 0 Å². The van der Waals surface area contributed by atoms with E-state index < -0.39 is 0 Å². The summed E-state index contributed by atoms with van der Waals surface area (Å²) >= 11 is 0. The van der Waals surface area contributed by atoms with Crippen LogP contribution in [-0.4, -0.2) is 36.3 Å². The molecule has 3 rings (SSSR count). The second kappa shape index (κ2) is 7.59. The van der Waals surface area contributed by atoms with Gasteiger partial charge in [-0.05, 0) is 38.3 Å². The summed E-state index contributed by atoms with van der Waals surface area (Å²) in [5, 5.41) is 3.08. The first-order valence-corrected chi connectivity index (χ1v) is 8.35. The molecule has 0 radical (unpaired) electrons. The Morgan fingerprint density at radius 3 is 3.13 bits per heavy atom. The van der Waals surface area contributed by atoms with Crippen LogP contribution in [-0.2, 0) is 9.53 Å². The van der Waals surface area contributed by atoms with E-state index in [1.54, 1.807) is 6.20 Å². The Balaban J connectivity index is 1.57. The smallest absolute Gasteiger partial charge is 0.224 e. The average Bonchev–Trinajstić information content (AvgIpc) is 3.04. The Morgan fingerprint density at radius 2 is 2.39 bits per heavy atom. The van der Waals surface area contributed by atoms with Crippen molar-refractivity contribution in [1.29, 1.82) is 0 Å². The molecule has 2 aliphatic rings. The zero-order valence-electron chi connectivity index (χ0n) is 13.6. The van der Waals surface area contributed by atoms with Gasteiger partial charge in [-0.3, -0.25) is 9.78 Å². The first kappa shape index (κ1) is 16.0. The van der Waals surface area contributed by atoms with Gasteiger partial charge in [-0.2, -0.15) is 0 Å². The molecule has 1 fully saturated rings. The lowest BCUT2D eigenvalue weighted by atomic mass is 10.1. The Kier molecular flexibility index (Phi) is 5.28. The summed E-state index contributed by atoms with van der Waals surface area (Å²) < 4.78 is 11.5. The van der Waals surface area contributed by atoms with Crippen LogP contribution in [0.1, 0.15) is 37.8 Å². The highest BCUT2D eigenvalue weighted by Gasteiger charge is 2.29. The minimum Gasteiger partial charge on any atom is -0.486 e. The largest absolute Gasteiger partial charge is 0.486 e. The van der Waals surface area contributed by atoms with Crippen molar-refractivity contribution in [3.05, 3.63) is 35.7 Å². The SMILES string of the molecule is Cc1ccc(O[C@H]2CCOC[C@H]2NC(=O)CC2=CCCC2)cn1. The van der Waals surface area contributed by atoms with Gasteiger partial charge in [0, 0.05) is 18.5 Å². The van der Waals surface area contributed by atoms with Crippen LogP contribution >= 0.6 is 0 Å². The molecule has 0 unspecified atom stereocenters. The van der Waals surface area contributed by atoms with E-state index in [0.717, 1.165) is 30.7 Å². The molecule has 0 bridgehead atoms. The fraction of sp³-hybridized carbons (Fsp3) is 0.556. The molecule has 1 amide bonds. The number of rotatable bonds is 5. The molecule has 1 aromatic heterocycles. The monoisotopic (exact) mass is 316 g/mol. The molecule has 1 saturated heterocycles. The molecule has 1 aliphatic carbocycles. The maximum absolute atomic E-state index is 12.2. The summed E-state index contributed by atoms with van der Waals surface area (Å²) in [5.41, 5.74) is 2.21. The van der Waals surface area contributed by atoms with Crippen molar-refractivity contribution in [1.82, 2.24) is 10.3 Å². The molecule has 0 spiro atoms. The highest BCUT2D eigenvalue weighted by molar-refractivity contribution is 5.79. The summed E-state index contributed by atoms with van der Waals surface area (Å²) in [4.78, 5) is 16.5. The molecule has 1 N–H and O–H groups in total. The summed E-state index contributed by atoms with van der Waals surface area (Å²) in [5.74, 6) is 0.796. The van der Waals surface area contributed by atoms with E-state index in [2.05, 4.69) is 16.4 Å². The molecular weight excluding hydrogens is 292 g/mol. The van der Waals surface area contributed by atoms with Gasteiger partial charge in [-0.25, -0.2) is 0 Å². The predicted octanol–water partition coefficient (Wildman–Crippen LogP) is 2.54. The normalized spacial score (nSPS) is 24.1. The van der Waals surface area contributed by atoms with Crippen molar-refractivity contribution in [2.45, 2.75) is 51.2 Å². The number of amides is 1. The van der Waals surface area contributed by atoms with Crippen LogP contribution in [0.15, 0.2) is 30.0 Å². The minimum atomic E-state index is -0.112. The van der Waals surface area contributed by atoms with Crippen molar-refractivity contribution in [3.8, 4) is 5.75 Å². The lowest BCUT2D eigenvalue weighted by molar-refractivity contribution is -0.123. The Bertz CT molecular complexity index is 568. The number of nitrogens with one attached hydrogen (secondary N) is 1. The molecule has 0 saturated carbocycles. The minimum absolute atomic E-state index is 0.0595. The number of pyridine rings is 1. The van der Waals surface area contributed by atoms with Gasteiger partial charge in [0.15, 0.2) is 0 Å². The highest BCUT2D eigenvalue weighted by Crippen LogP contribution is 2.21. The number of allylic oxidation sites excluding steroid dienone is 1. The van der Waals surface area contributed by atoms with Crippen LogP contribution in [0.3, 0.4) is 0 Å².